The lowest BCUT2D eigenvalue weighted by atomic mass is 9.99. The Morgan fingerprint density at radius 1 is 1.19 bits per heavy atom. The maximum atomic E-state index is 13.1. The van der Waals surface area contributed by atoms with Crippen molar-refractivity contribution >= 4 is 11.6 Å². The number of aromatic nitrogens is 4. The zero-order valence-electron chi connectivity index (χ0n) is 15.6. The first-order valence-electron chi connectivity index (χ1n) is 8.91. The molecule has 13 heteroatoms. The molecule has 1 amide bonds. The van der Waals surface area contributed by atoms with Crippen molar-refractivity contribution in [2.24, 2.45) is 5.10 Å². The number of pyridine rings is 1. The zero-order chi connectivity index (χ0) is 22.0. The Morgan fingerprint density at radius 2 is 1.97 bits per heavy atom. The first-order valence-corrected chi connectivity index (χ1v) is 8.91. The number of halogens is 3. The Balaban J connectivity index is 1.51. The summed E-state index contributed by atoms with van der Waals surface area (Å²) in [7, 11) is 0. The van der Waals surface area contributed by atoms with Gasteiger partial charge in [0.15, 0.2) is 5.82 Å². The van der Waals surface area contributed by atoms with Crippen LogP contribution in [0.25, 0.3) is 0 Å². The summed E-state index contributed by atoms with van der Waals surface area (Å²) in [5, 5.41) is 22.6. The lowest BCUT2D eigenvalue weighted by Crippen LogP contribution is -2.28. The predicted molar refractivity (Wildman–Crippen MR) is 100 cm³/mol. The number of hydrogen-bond acceptors (Lipinski definition) is 8. The summed E-state index contributed by atoms with van der Waals surface area (Å²) >= 11 is 0. The summed E-state index contributed by atoms with van der Waals surface area (Å²) < 4.78 is 39.4. The quantitative estimate of drug-likeness (QED) is 0.411. The van der Waals surface area contributed by atoms with Crippen molar-refractivity contribution in [3.8, 4) is 5.75 Å². The Hall–Kier alpha value is -4.00. The van der Waals surface area contributed by atoms with Crippen LogP contribution in [0.4, 0.5) is 13.2 Å². The molecule has 1 aliphatic rings. The number of nitrogens with zero attached hydrogens (tertiary/aromatic N) is 4. The summed E-state index contributed by atoms with van der Waals surface area (Å²) in [6.45, 7) is 0.248. The molecule has 4 rings (SSSR count). The van der Waals surface area contributed by atoms with Crippen LogP contribution in [0.5, 0.6) is 5.75 Å². The van der Waals surface area contributed by atoms with Crippen molar-refractivity contribution in [3.05, 3.63) is 71.1 Å². The molecule has 3 heterocycles. The van der Waals surface area contributed by atoms with Crippen molar-refractivity contribution in [3.63, 3.8) is 0 Å². The minimum absolute atomic E-state index is 0.0261. The molecule has 0 saturated carbocycles. The second-order valence-corrected chi connectivity index (χ2v) is 6.51. The van der Waals surface area contributed by atoms with E-state index in [1.165, 1.54) is 6.07 Å². The molecule has 1 unspecified atom stereocenters. The largest absolute Gasteiger partial charge is 0.507 e. The van der Waals surface area contributed by atoms with E-state index in [1.807, 2.05) is 0 Å². The summed E-state index contributed by atoms with van der Waals surface area (Å²) in [4.78, 5) is 20.3. The summed E-state index contributed by atoms with van der Waals surface area (Å²) in [5.74, 6) is -1.46. The number of benzene rings is 1. The predicted octanol–water partition coefficient (Wildman–Crippen LogP) is 1.41. The monoisotopic (exact) mass is 432 g/mol. The lowest BCUT2D eigenvalue weighted by molar-refractivity contribution is -0.138. The van der Waals surface area contributed by atoms with E-state index in [9.17, 15) is 23.1 Å². The van der Waals surface area contributed by atoms with Crippen LogP contribution in [0.15, 0.2) is 47.8 Å². The van der Waals surface area contributed by atoms with Gasteiger partial charge in [-0.1, -0.05) is 6.07 Å². The molecule has 1 aromatic carbocycles. The Labute approximate surface area is 172 Å². The molecule has 0 spiro atoms. The average Bonchev–Trinajstić information content (AvgIpc) is 3.42. The summed E-state index contributed by atoms with van der Waals surface area (Å²) in [5.41, 5.74) is 5.17. The molecule has 31 heavy (non-hydrogen) atoms. The normalized spacial score (nSPS) is 16.0. The first kappa shape index (κ1) is 20.3. The van der Waals surface area contributed by atoms with Crippen LogP contribution in [0.3, 0.4) is 0 Å². The third-order valence-corrected chi connectivity index (χ3v) is 4.45. The third kappa shape index (κ3) is 4.30. The van der Waals surface area contributed by atoms with Crippen LogP contribution in [-0.4, -0.2) is 36.9 Å². The standard InChI is InChI=1S/C18H15F3N8O2/c19-18(20,21)11-7-10(1-2-12(11)30)13-14(26-29-25-13)15-24-16(28-27-15)17(31)23-8-9-3-5-22-6-4-9/h1-7,13,25,29-30H,8H2,(H,23,31)(H,24,27,28). The molecule has 0 radical (unpaired) electrons. The molecule has 5 N–H and O–H groups in total. The molecular formula is C18H15F3N8O2. The van der Waals surface area contributed by atoms with Crippen molar-refractivity contribution in [1.82, 2.24) is 36.4 Å². The number of carbonyl (C=O) groups excluding carboxylic acids is 1. The molecule has 3 aromatic rings. The number of alkyl halides is 3. The van der Waals surface area contributed by atoms with E-state index in [0.717, 1.165) is 17.7 Å². The van der Waals surface area contributed by atoms with Gasteiger partial charge in [-0.15, -0.1) is 0 Å². The molecule has 1 atom stereocenters. The van der Waals surface area contributed by atoms with Crippen LogP contribution in [-0.2, 0) is 12.7 Å². The van der Waals surface area contributed by atoms with Gasteiger partial charge in [-0.3, -0.25) is 14.9 Å². The van der Waals surface area contributed by atoms with Gasteiger partial charge in [-0.2, -0.15) is 23.4 Å². The highest BCUT2D eigenvalue weighted by atomic mass is 19.4. The number of phenolic OH excluding ortho intramolecular Hbond substituents is 1. The summed E-state index contributed by atoms with van der Waals surface area (Å²) in [6.07, 6.45) is -1.53. The van der Waals surface area contributed by atoms with E-state index in [-0.39, 0.29) is 29.5 Å². The van der Waals surface area contributed by atoms with Crippen molar-refractivity contribution in [2.45, 2.75) is 18.8 Å². The maximum absolute atomic E-state index is 13.1. The summed E-state index contributed by atoms with van der Waals surface area (Å²) in [6, 6.07) is 5.73. The SMILES string of the molecule is O=C(NCc1ccncc1)c1nc(C2=NNNC2c2ccc(O)c(C(F)(F)F)c2)n[nH]1. The molecular weight excluding hydrogens is 417 g/mol. The Morgan fingerprint density at radius 3 is 2.71 bits per heavy atom. The lowest BCUT2D eigenvalue weighted by Gasteiger charge is -2.15. The Kier molecular flexibility index (Phi) is 5.25. The molecule has 1 aliphatic heterocycles. The second-order valence-electron chi connectivity index (χ2n) is 6.51. The number of hydrogen-bond donors (Lipinski definition) is 5. The number of nitrogens with one attached hydrogen (secondary N) is 4. The van der Waals surface area contributed by atoms with Gasteiger partial charge < -0.3 is 10.4 Å². The number of phenols is 1. The van der Waals surface area contributed by atoms with E-state index in [1.54, 1.807) is 24.5 Å². The number of H-pyrrole nitrogens is 1. The number of aromatic hydroxyl groups is 1. The topological polar surface area (TPSA) is 140 Å². The van der Waals surface area contributed by atoms with E-state index in [4.69, 9.17) is 0 Å². The minimum atomic E-state index is -4.73. The van der Waals surface area contributed by atoms with Crippen LogP contribution in [0, 0.1) is 0 Å². The van der Waals surface area contributed by atoms with Gasteiger partial charge in [0, 0.05) is 18.9 Å². The van der Waals surface area contributed by atoms with E-state index in [2.05, 4.69) is 41.5 Å². The van der Waals surface area contributed by atoms with Gasteiger partial charge in [0.1, 0.15) is 17.5 Å². The van der Waals surface area contributed by atoms with Crippen LogP contribution in [0.1, 0.15) is 39.2 Å². The highest BCUT2D eigenvalue weighted by Gasteiger charge is 2.36. The molecule has 10 nitrogen and oxygen atoms in total. The van der Waals surface area contributed by atoms with Gasteiger partial charge in [0.05, 0.1) is 5.56 Å². The van der Waals surface area contributed by atoms with Gasteiger partial charge in [0.25, 0.3) is 5.91 Å². The molecule has 160 valence electrons. The number of carbonyl (C=O) groups is 1. The fourth-order valence-corrected chi connectivity index (χ4v) is 2.92. The van der Waals surface area contributed by atoms with Crippen LogP contribution < -0.4 is 16.3 Å². The first-order chi connectivity index (χ1) is 14.8. The number of hydrazine groups is 1. The van der Waals surface area contributed by atoms with Crippen LogP contribution in [0.2, 0.25) is 0 Å². The van der Waals surface area contributed by atoms with Gasteiger partial charge in [-0.05, 0) is 35.4 Å². The second kappa shape index (κ2) is 8.02. The highest BCUT2D eigenvalue weighted by Crippen LogP contribution is 2.37. The molecule has 0 saturated heterocycles. The number of hydrazone groups is 1. The van der Waals surface area contributed by atoms with Crippen molar-refractivity contribution in [2.75, 3.05) is 0 Å². The zero-order valence-corrected chi connectivity index (χ0v) is 15.6. The fraction of sp³-hybridized carbons (Fsp3) is 0.167. The Bertz CT molecular complexity index is 1130. The highest BCUT2D eigenvalue weighted by molar-refractivity contribution is 6.03. The maximum Gasteiger partial charge on any atom is 0.419 e. The van der Waals surface area contributed by atoms with Gasteiger partial charge in [-0.25, -0.2) is 15.9 Å². The number of amides is 1. The van der Waals surface area contributed by atoms with E-state index in [0.29, 0.717) is 0 Å². The van der Waals surface area contributed by atoms with E-state index >= 15 is 0 Å². The minimum Gasteiger partial charge on any atom is -0.507 e. The third-order valence-electron chi connectivity index (χ3n) is 4.45. The van der Waals surface area contributed by atoms with E-state index < -0.39 is 29.4 Å². The molecule has 2 aromatic heterocycles. The van der Waals surface area contributed by atoms with Crippen molar-refractivity contribution < 1.29 is 23.1 Å². The van der Waals surface area contributed by atoms with Gasteiger partial charge in [0.2, 0.25) is 5.82 Å². The number of aromatic amines is 1. The smallest absolute Gasteiger partial charge is 0.419 e. The van der Waals surface area contributed by atoms with Crippen LogP contribution >= 0.6 is 0 Å². The fourth-order valence-electron chi connectivity index (χ4n) is 2.92. The molecule has 0 aliphatic carbocycles. The van der Waals surface area contributed by atoms with Crippen molar-refractivity contribution in [1.29, 1.82) is 0 Å². The average molecular weight is 432 g/mol. The van der Waals surface area contributed by atoms with Gasteiger partial charge >= 0.3 is 6.18 Å². The molecule has 0 bridgehead atoms. The molecule has 0 fully saturated rings. The number of rotatable bonds is 5.